The van der Waals surface area contributed by atoms with Crippen molar-refractivity contribution in [3.05, 3.63) is 23.8 Å². The summed E-state index contributed by atoms with van der Waals surface area (Å²) in [4.78, 5) is 0.269. The van der Waals surface area contributed by atoms with Gasteiger partial charge in [-0.1, -0.05) is 0 Å². The Morgan fingerprint density at radius 1 is 1.28 bits per heavy atom. The molecule has 0 aromatic heterocycles. The molecule has 18 heavy (non-hydrogen) atoms. The van der Waals surface area contributed by atoms with Gasteiger partial charge in [0, 0.05) is 6.54 Å². The van der Waals surface area contributed by atoms with E-state index in [9.17, 15) is 8.42 Å². The molecule has 5 nitrogen and oxygen atoms in total. The zero-order chi connectivity index (χ0) is 13.6. The number of benzene rings is 1. The Morgan fingerprint density at radius 3 is 2.56 bits per heavy atom. The highest BCUT2D eigenvalue weighted by atomic mass is 32.2. The standard InChI is InChI=1S/C12H20N2O3S/c1-10-9-11(5-6-12(10)17-3)18(15,16)14-8-4-7-13-2/h5-6,9,13-14H,4,7-8H2,1-3H3. The van der Waals surface area contributed by atoms with Crippen molar-refractivity contribution in [2.45, 2.75) is 18.2 Å². The number of sulfonamides is 1. The third-order valence-electron chi connectivity index (χ3n) is 2.57. The molecule has 0 aliphatic carbocycles. The van der Waals surface area contributed by atoms with Gasteiger partial charge >= 0.3 is 0 Å². The van der Waals surface area contributed by atoms with Gasteiger partial charge in [0.25, 0.3) is 0 Å². The van der Waals surface area contributed by atoms with E-state index in [0.717, 1.165) is 18.5 Å². The van der Waals surface area contributed by atoms with Gasteiger partial charge in [-0.2, -0.15) is 0 Å². The first-order valence-electron chi connectivity index (χ1n) is 5.80. The zero-order valence-electron chi connectivity index (χ0n) is 11.0. The van der Waals surface area contributed by atoms with Crippen molar-refractivity contribution in [2.24, 2.45) is 0 Å². The molecule has 0 aliphatic rings. The van der Waals surface area contributed by atoms with Crippen LogP contribution in [0.1, 0.15) is 12.0 Å². The topological polar surface area (TPSA) is 67.4 Å². The van der Waals surface area contributed by atoms with Crippen molar-refractivity contribution >= 4 is 10.0 Å². The summed E-state index contributed by atoms with van der Waals surface area (Å²) < 4.78 is 31.6. The number of hydrogen-bond donors (Lipinski definition) is 2. The van der Waals surface area contributed by atoms with Crippen LogP contribution in [0.5, 0.6) is 5.75 Å². The molecule has 0 heterocycles. The van der Waals surface area contributed by atoms with Crippen molar-refractivity contribution in [1.82, 2.24) is 10.0 Å². The van der Waals surface area contributed by atoms with Crippen LogP contribution >= 0.6 is 0 Å². The SMILES string of the molecule is CNCCCNS(=O)(=O)c1ccc(OC)c(C)c1. The van der Waals surface area contributed by atoms with Gasteiger partial charge < -0.3 is 10.1 Å². The van der Waals surface area contributed by atoms with Crippen LogP contribution < -0.4 is 14.8 Å². The summed E-state index contributed by atoms with van der Waals surface area (Å²) in [7, 11) is -0.0249. The van der Waals surface area contributed by atoms with Crippen LogP contribution in [0.3, 0.4) is 0 Å². The van der Waals surface area contributed by atoms with Crippen molar-refractivity contribution in [1.29, 1.82) is 0 Å². The Kier molecular flexibility index (Phi) is 5.58. The molecule has 0 radical (unpaired) electrons. The van der Waals surface area contributed by atoms with Crippen molar-refractivity contribution in [3.63, 3.8) is 0 Å². The maximum Gasteiger partial charge on any atom is 0.240 e. The van der Waals surface area contributed by atoms with Crippen LogP contribution in [0, 0.1) is 6.92 Å². The lowest BCUT2D eigenvalue weighted by Crippen LogP contribution is -2.26. The van der Waals surface area contributed by atoms with Gasteiger partial charge in [-0.25, -0.2) is 13.1 Å². The normalized spacial score (nSPS) is 11.5. The molecule has 1 aromatic rings. The van der Waals surface area contributed by atoms with Crippen molar-refractivity contribution in [3.8, 4) is 5.75 Å². The molecular weight excluding hydrogens is 252 g/mol. The van der Waals surface area contributed by atoms with Crippen LogP contribution in [0.2, 0.25) is 0 Å². The van der Waals surface area contributed by atoms with E-state index in [4.69, 9.17) is 4.74 Å². The number of rotatable bonds is 7. The molecule has 0 unspecified atom stereocenters. The van der Waals surface area contributed by atoms with E-state index in [1.54, 1.807) is 25.3 Å². The Bertz CT molecular complexity index is 486. The number of hydrogen-bond acceptors (Lipinski definition) is 4. The minimum absolute atomic E-state index is 0.269. The van der Waals surface area contributed by atoms with Crippen LogP contribution in [0.4, 0.5) is 0 Å². The molecule has 6 heteroatoms. The lowest BCUT2D eigenvalue weighted by atomic mass is 10.2. The molecule has 0 aliphatic heterocycles. The fourth-order valence-corrected chi connectivity index (χ4v) is 2.73. The summed E-state index contributed by atoms with van der Waals surface area (Å²) in [5.74, 6) is 0.684. The molecule has 1 aromatic carbocycles. The summed E-state index contributed by atoms with van der Waals surface area (Å²) in [6.07, 6.45) is 0.755. The van der Waals surface area contributed by atoms with Crippen molar-refractivity contribution in [2.75, 3.05) is 27.2 Å². The minimum Gasteiger partial charge on any atom is -0.496 e. The van der Waals surface area contributed by atoms with E-state index in [1.165, 1.54) is 0 Å². The molecule has 0 amide bonds. The maximum atomic E-state index is 12.0. The maximum absolute atomic E-state index is 12.0. The summed E-state index contributed by atoms with van der Waals surface area (Å²) >= 11 is 0. The van der Waals surface area contributed by atoms with E-state index in [0.29, 0.717) is 12.3 Å². The molecule has 1 rings (SSSR count). The largest absolute Gasteiger partial charge is 0.496 e. The first kappa shape index (κ1) is 14.9. The van der Waals surface area contributed by atoms with Gasteiger partial charge in [0.05, 0.1) is 12.0 Å². The Balaban J connectivity index is 2.76. The summed E-state index contributed by atoms with van der Waals surface area (Å²) in [6, 6.07) is 4.82. The molecule has 0 spiro atoms. The molecule has 102 valence electrons. The molecule has 0 bridgehead atoms. The molecule has 2 N–H and O–H groups in total. The second-order valence-electron chi connectivity index (χ2n) is 3.99. The lowest BCUT2D eigenvalue weighted by Gasteiger charge is -2.09. The minimum atomic E-state index is -3.42. The second kappa shape index (κ2) is 6.72. The van der Waals surface area contributed by atoms with Crippen LogP contribution in [0.15, 0.2) is 23.1 Å². The molecule has 0 saturated carbocycles. The monoisotopic (exact) mass is 272 g/mol. The average Bonchev–Trinajstić information content (AvgIpc) is 2.34. The zero-order valence-corrected chi connectivity index (χ0v) is 11.8. The highest BCUT2D eigenvalue weighted by Crippen LogP contribution is 2.21. The number of aryl methyl sites for hydroxylation is 1. The van der Waals surface area contributed by atoms with Gasteiger partial charge in [-0.05, 0) is 50.7 Å². The van der Waals surface area contributed by atoms with Crippen LogP contribution in [-0.2, 0) is 10.0 Å². The van der Waals surface area contributed by atoms with Crippen molar-refractivity contribution < 1.29 is 13.2 Å². The van der Waals surface area contributed by atoms with Gasteiger partial charge in [-0.15, -0.1) is 0 Å². The van der Waals surface area contributed by atoms with Gasteiger partial charge in [0.15, 0.2) is 0 Å². The molecular formula is C12H20N2O3S. The molecule has 0 saturated heterocycles. The number of methoxy groups -OCH3 is 1. The predicted molar refractivity (Wildman–Crippen MR) is 71.5 cm³/mol. The average molecular weight is 272 g/mol. The smallest absolute Gasteiger partial charge is 0.240 e. The van der Waals surface area contributed by atoms with E-state index < -0.39 is 10.0 Å². The molecule has 0 fully saturated rings. The quantitative estimate of drug-likeness (QED) is 0.723. The Hall–Kier alpha value is -1.11. The fourth-order valence-electron chi connectivity index (χ4n) is 1.57. The Labute approximate surface area is 109 Å². The first-order valence-corrected chi connectivity index (χ1v) is 7.28. The third-order valence-corrected chi connectivity index (χ3v) is 4.03. The summed E-state index contributed by atoms with van der Waals surface area (Å²) in [5, 5.41) is 2.97. The molecule has 0 atom stereocenters. The van der Waals surface area contributed by atoms with Crippen LogP contribution in [0.25, 0.3) is 0 Å². The van der Waals surface area contributed by atoms with E-state index >= 15 is 0 Å². The Morgan fingerprint density at radius 2 is 2.00 bits per heavy atom. The third kappa shape index (κ3) is 3.97. The summed E-state index contributed by atoms with van der Waals surface area (Å²) in [6.45, 7) is 3.03. The number of nitrogens with one attached hydrogen (secondary N) is 2. The van der Waals surface area contributed by atoms with Gasteiger partial charge in [-0.3, -0.25) is 0 Å². The van der Waals surface area contributed by atoms with Gasteiger partial charge in [0.2, 0.25) is 10.0 Å². The van der Waals surface area contributed by atoms with Crippen LogP contribution in [-0.4, -0.2) is 35.7 Å². The first-order chi connectivity index (χ1) is 8.51. The summed E-state index contributed by atoms with van der Waals surface area (Å²) in [5.41, 5.74) is 0.801. The van der Waals surface area contributed by atoms with E-state index in [1.807, 2.05) is 14.0 Å². The van der Waals surface area contributed by atoms with Gasteiger partial charge in [0.1, 0.15) is 5.75 Å². The lowest BCUT2D eigenvalue weighted by molar-refractivity contribution is 0.411. The second-order valence-corrected chi connectivity index (χ2v) is 5.75. The van der Waals surface area contributed by atoms with E-state index in [2.05, 4.69) is 10.0 Å². The highest BCUT2D eigenvalue weighted by molar-refractivity contribution is 7.89. The number of ether oxygens (including phenoxy) is 1. The van der Waals surface area contributed by atoms with E-state index in [-0.39, 0.29) is 4.90 Å². The fraction of sp³-hybridized carbons (Fsp3) is 0.500. The predicted octanol–water partition coefficient (Wildman–Crippen LogP) is 0.891. The highest BCUT2D eigenvalue weighted by Gasteiger charge is 2.14.